The molecule has 1 aliphatic heterocycles. The molecule has 1 saturated heterocycles. The summed E-state index contributed by atoms with van der Waals surface area (Å²) in [5.74, 6) is -0.434. The van der Waals surface area contributed by atoms with E-state index in [-0.39, 0.29) is 6.03 Å². The number of fused-ring (bicyclic) bond motifs is 1. The molecular formula is C30H33N5O3S. The van der Waals surface area contributed by atoms with Gasteiger partial charge in [-0.05, 0) is 35.0 Å². The zero-order chi connectivity index (χ0) is 27.2. The first kappa shape index (κ1) is 26.8. The fourth-order valence-electron chi connectivity index (χ4n) is 4.83. The second kappa shape index (κ2) is 12.4. The Balaban J connectivity index is 1.32. The topological polar surface area (TPSA) is 90.7 Å². The summed E-state index contributed by atoms with van der Waals surface area (Å²) in [6.45, 7) is 4.39. The Hall–Kier alpha value is -3.82. The fourth-order valence-corrected chi connectivity index (χ4v) is 5.83. The van der Waals surface area contributed by atoms with Crippen molar-refractivity contribution in [3.8, 4) is 0 Å². The molecule has 0 atom stereocenters. The standard InChI is InChI=1S/C30H33N5O3S/c1-33-15-17-34(18-16-33)29(38)31-14-13-25-20-35(19-23-10-6-9-22-7-2-4-11-26(22)23)30(32-25)39-21-24-8-3-5-12-27(24)28(36)37/h2-12,20H,13-19,21H2,1H3,(H,31,38)(H,36,37). The lowest BCUT2D eigenvalue weighted by molar-refractivity contribution is 0.0696. The van der Waals surface area contributed by atoms with Gasteiger partial charge in [-0.1, -0.05) is 72.4 Å². The van der Waals surface area contributed by atoms with Crippen molar-refractivity contribution in [2.45, 2.75) is 23.9 Å². The van der Waals surface area contributed by atoms with Crippen LogP contribution in [0, 0.1) is 0 Å². The highest BCUT2D eigenvalue weighted by Gasteiger charge is 2.19. The Labute approximate surface area is 232 Å². The van der Waals surface area contributed by atoms with Crippen LogP contribution in [0.2, 0.25) is 0 Å². The predicted molar refractivity (Wildman–Crippen MR) is 154 cm³/mol. The molecule has 0 unspecified atom stereocenters. The number of rotatable bonds is 9. The van der Waals surface area contributed by atoms with Gasteiger partial charge >= 0.3 is 12.0 Å². The van der Waals surface area contributed by atoms with Crippen LogP contribution in [-0.4, -0.2) is 76.2 Å². The molecule has 2 heterocycles. The van der Waals surface area contributed by atoms with E-state index >= 15 is 0 Å². The van der Waals surface area contributed by atoms with Gasteiger partial charge in [-0.25, -0.2) is 14.6 Å². The molecule has 1 fully saturated rings. The molecule has 1 aromatic heterocycles. The molecule has 0 bridgehead atoms. The van der Waals surface area contributed by atoms with Crippen LogP contribution in [0.15, 0.2) is 78.1 Å². The van der Waals surface area contributed by atoms with Crippen molar-refractivity contribution in [1.29, 1.82) is 0 Å². The van der Waals surface area contributed by atoms with Gasteiger partial charge in [-0.3, -0.25) is 0 Å². The van der Waals surface area contributed by atoms with Gasteiger partial charge < -0.3 is 24.8 Å². The van der Waals surface area contributed by atoms with E-state index in [4.69, 9.17) is 4.98 Å². The van der Waals surface area contributed by atoms with E-state index in [0.717, 1.165) is 42.6 Å². The number of hydrogen-bond acceptors (Lipinski definition) is 5. The molecule has 1 aliphatic rings. The first-order valence-corrected chi connectivity index (χ1v) is 14.1. The lowest BCUT2D eigenvalue weighted by atomic mass is 10.0. The van der Waals surface area contributed by atoms with E-state index in [1.807, 2.05) is 29.2 Å². The molecule has 4 aromatic rings. The zero-order valence-corrected chi connectivity index (χ0v) is 22.9. The molecule has 0 spiro atoms. The van der Waals surface area contributed by atoms with Crippen LogP contribution < -0.4 is 5.32 Å². The molecule has 0 aliphatic carbocycles. The third-order valence-electron chi connectivity index (χ3n) is 7.06. The molecular weight excluding hydrogens is 510 g/mol. The van der Waals surface area contributed by atoms with Crippen LogP contribution in [0.3, 0.4) is 0 Å². The number of hydrogen-bond donors (Lipinski definition) is 2. The van der Waals surface area contributed by atoms with Crippen molar-refractivity contribution < 1.29 is 14.7 Å². The first-order chi connectivity index (χ1) is 19.0. The largest absolute Gasteiger partial charge is 0.478 e. The summed E-state index contributed by atoms with van der Waals surface area (Å²) in [6, 6.07) is 21.7. The van der Waals surface area contributed by atoms with E-state index in [9.17, 15) is 14.7 Å². The number of carbonyl (C=O) groups is 2. The number of nitrogens with one attached hydrogen (secondary N) is 1. The number of carbonyl (C=O) groups excluding carboxylic acids is 1. The van der Waals surface area contributed by atoms with Crippen molar-refractivity contribution in [3.63, 3.8) is 0 Å². The van der Waals surface area contributed by atoms with Crippen LogP contribution in [-0.2, 0) is 18.7 Å². The van der Waals surface area contributed by atoms with Crippen molar-refractivity contribution in [2.24, 2.45) is 0 Å². The number of likely N-dealkylation sites (N-methyl/N-ethyl adjacent to an activating group) is 1. The molecule has 0 saturated carbocycles. The fraction of sp³-hybridized carbons (Fsp3) is 0.300. The molecule has 39 heavy (non-hydrogen) atoms. The number of aromatic nitrogens is 2. The summed E-state index contributed by atoms with van der Waals surface area (Å²) in [5.41, 5.74) is 3.15. The van der Waals surface area contributed by atoms with Crippen LogP contribution >= 0.6 is 11.8 Å². The maximum Gasteiger partial charge on any atom is 0.335 e. The van der Waals surface area contributed by atoms with Crippen molar-refractivity contribution in [3.05, 3.63) is 95.3 Å². The van der Waals surface area contributed by atoms with Gasteiger partial charge in [0.1, 0.15) is 0 Å². The van der Waals surface area contributed by atoms with Crippen LogP contribution in [0.1, 0.15) is 27.2 Å². The van der Waals surface area contributed by atoms with Crippen LogP contribution in [0.25, 0.3) is 10.8 Å². The molecule has 3 aromatic carbocycles. The van der Waals surface area contributed by atoms with E-state index in [2.05, 4.69) is 58.4 Å². The van der Waals surface area contributed by atoms with Crippen molar-refractivity contribution in [2.75, 3.05) is 39.8 Å². The number of urea groups is 1. The lowest BCUT2D eigenvalue weighted by Gasteiger charge is -2.32. The minimum Gasteiger partial charge on any atom is -0.478 e. The molecule has 202 valence electrons. The third kappa shape index (κ3) is 6.61. The molecule has 5 rings (SSSR count). The van der Waals surface area contributed by atoms with Gasteiger partial charge in [-0.15, -0.1) is 0 Å². The summed E-state index contributed by atoms with van der Waals surface area (Å²) in [4.78, 5) is 33.3. The predicted octanol–water partition coefficient (Wildman–Crippen LogP) is 4.57. The monoisotopic (exact) mass is 543 g/mol. The molecule has 0 radical (unpaired) electrons. The zero-order valence-electron chi connectivity index (χ0n) is 22.0. The van der Waals surface area contributed by atoms with Crippen LogP contribution in [0.5, 0.6) is 0 Å². The summed E-state index contributed by atoms with van der Waals surface area (Å²) in [5, 5.41) is 15.8. The SMILES string of the molecule is CN1CCN(C(=O)NCCc2cn(Cc3cccc4ccccc34)c(SCc3ccccc3C(=O)O)n2)CC1. The maximum absolute atomic E-state index is 12.6. The second-order valence-electron chi connectivity index (χ2n) is 9.80. The highest BCUT2D eigenvalue weighted by atomic mass is 32.2. The Morgan fingerprint density at radius 2 is 1.67 bits per heavy atom. The van der Waals surface area contributed by atoms with Gasteiger partial charge in [-0.2, -0.15) is 0 Å². The Morgan fingerprint density at radius 3 is 2.49 bits per heavy atom. The highest BCUT2D eigenvalue weighted by Crippen LogP contribution is 2.27. The van der Waals surface area contributed by atoms with E-state index in [0.29, 0.717) is 30.8 Å². The number of piperazine rings is 1. The van der Waals surface area contributed by atoms with Crippen molar-refractivity contribution in [1.82, 2.24) is 24.7 Å². The van der Waals surface area contributed by atoms with Gasteiger partial charge in [0, 0.05) is 51.1 Å². The minimum absolute atomic E-state index is 0.0295. The summed E-state index contributed by atoms with van der Waals surface area (Å²) < 4.78 is 2.13. The summed E-state index contributed by atoms with van der Waals surface area (Å²) in [7, 11) is 2.07. The molecule has 2 N–H and O–H groups in total. The van der Waals surface area contributed by atoms with Gasteiger partial charge in [0.15, 0.2) is 5.16 Å². The number of nitrogens with zero attached hydrogens (tertiary/aromatic N) is 4. The molecule has 8 nitrogen and oxygen atoms in total. The normalized spacial score (nSPS) is 14.0. The lowest BCUT2D eigenvalue weighted by Crippen LogP contribution is -2.50. The number of imidazole rings is 1. The Bertz CT molecular complexity index is 1460. The third-order valence-corrected chi connectivity index (χ3v) is 8.10. The van der Waals surface area contributed by atoms with Crippen molar-refractivity contribution >= 4 is 34.5 Å². The van der Waals surface area contributed by atoms with Gasteiger partial charge in [0.05, 0.1) is 17.8 Å². The molecule has 9 heteroatoms. The highest BCUT2D eigenvalue weighted by molar-refractivity contribution is 7.98. The second-order valence-corrected chi connectivity index (χ2v) is 10.7. The first-order valence-electron chi connectivity index (χ1n) is 13.2. The maximum atomic E-state index is 12.6. The number of aromatic carboxylic acids is 1. The average Bonchev–Trinajstić information content (AvgIpc) is 3.33. The number of amides is 2. The number of carboxylic acid groups (broad SMARTS) is 1. The Morgan fingerprint density at radius 1 is 0.949 bits per heavy atom. The summed E-state index contributed by atoms with van der Waals surface area (Å²) in [6.07, 6.45) is 2.66. The van der Waals surface area contributed by atoms with Gasteiger partial charge in [0.2, 0.25) is 0 Å². The van der Waals surface area contributed by atoms with E-state index in [1.165, 1.54) is 28.1 Å². The van der Waals surface area contributed by atoms with Crippen LogP contribution in [0.4, 0.5) is 4.79 Å². The quantitative estimate of drug-likeness (QED) is 0.301. The van der Waals surface area contributed by atoms with E-state index in [1.54, 1.807) is 12.1 Å². The Kier molecular flexibility index (Phi) is 8.48. The average molecular weight is 544 g/mol. The molecule has 2 amide bonds. The summed E-state index contributed by atoms with van der Waals surface area (Å²) >= 11 is 1.53. The minimum atomic E-state index is -0.929. The number of benzene rings is 3. The van der Waals surface area contributed by atoms with Gasteiger partial charge in [0.25, 0.3) is 0 Å². The number of carboxylic acids is 1. The number of thioether (sulfide) groups is 1. The van der Waals surface area contributed by atoms with E-state index < -0.39 is 5.97 Å². The smallest absolute Gasteiger partial charge is 0.335 e.